The Morgan fingerprint density at radius 1 is 1.02 bits per heavy atom. The molecular weight excluding hydrogens is 637 g/mol. The molecule has 3 rings (SSSR count). The van der Waals surface area contributed by atoms with E-state index in [1.165, 1.54) is 43.1 Å². The van der Waals surface area contributed by atoms with Crippen LogP contribution in [0, 0.1) is 11.8 Å². The highest BCUT2D eigenvalue weighted by molar-refractivity contribution is 7.99. The van der Waals surface area contributed by atoms with Crippen LogP contribution in [0.5, 0.6) is 0 Å². The minimum Gasteiger partial charge on any atom is -0.480 e. The molecule has 2 amide bonds. The van der Waals surface area contributed by atoms with Crippen molar-refractivity contribution in [3.05, 3.63) is 71.8 Å². The van der Waals surface area contributed by atoms with Crippen molar-refractivity contribution in [1.29, 1.82) is 0 Å². The number of para-hydroxylation sites is 1. The number of pyridine rings is 1. The largest absolute Gasteiger partial charge is 0.480 e. The zero-order valence-corrected chi connectivity index (χ0v) is 28.3. The molecule has 0 fully saturated rings. The van der Waals surface area contributed by atoms with E-state index in [0.717, 1.165) is 17.1 Å². The molecule has 0 spiro atoms. The SMILES string of the molecule is COC(=O)c1ccc(C(=O)N[n+]2c(SCC(O)([PH2]=O)C(CC(C)C)C(=O)N[C@@H](CCSC)C(=O)O)ccc3ccccc32)cc1. The number of amides is 2. The maximum atomic E-state index is 13.4. The fourth-order valence-corrected chi connectivity index (χ4v) is 7.10. The summed E-state index contributed by atoms with van der Waals surface area (Å²) in [6.07, 6.45) is 2.22. The van der Waals surface area contributed by atoms with Crippen molar-refractivity contribution in [2.24, 2.45) is 11.8 Å². The maximum absolute atomic E-state index is 13.4. The van der Waals surface area contributed by atoms with Gasteiger partial charge in [0.15, 0.2) is 0 Å². The molecule has 0 aliphatic rings. The second-order valence-corrected chi connectivity index (χ2v) is 14.1. The molecule has 0 saturated carbocycles. The Hall–Kier alpha value is -3.38. The van der Waals surface area contributed by atoms with Gasteiger partial charge in [-0.05, 0) is 67.2 Å². The van der Waals surface area contributed by atoms with Crippen LogP contribution in [-0.2, 0) is 18.9 Å². The van der Waals surface area contributed by atoms with E-state index in [4.69, 9.17) is 4.74 Å². The number of benzene rings is 2. The fraction of sp³-hybridized carbons (Fsp3) is 0.387. The first kappa shape index (κ1) is 36.1. The number of methoxy groups -OCH3 is 1. The number of aliphatic hydroxyl groups is 1. The number of carbonyl (C=O) groups excluding carboxylic acids is 3. The van der Waals surface area contributed by atoms with Gasteiger partial charge >= 0.3 is 17.8 Å². The van der Waals surface area contributed by atoms with Crippen molar-refractivity contribution < 1.29 is 43.4 Å². The standard InChI is InChI=1S/C31H38N3O8PS2/c1-19(2)17-23(28(36)32-24(29(37)38)15-16-44-4)31(40,43-41)18-45-26-14-13-20-7-5-6-8-25(20)34(26)33-27(35)21-9-11-22(12-10-21)30(39)42-3/h5-14,19,23-24,40H,15-18,43H2,1-4H3,(H2-,32,33,35,36,37,38)/p+1/t23?,24-,31?/m0/s1. The highest BCUT2D eigenvalue weighted by Gasteiger charge is 2.43. The summed E-state index contributed by atoms with van der Waals surface area (Å²) < 4.78 is 18.9. The summed E-state index contributed by atoms with van der Waals surface area (Å²) in [4.78, 5) is 50.4. The molecule has 0 radical (unpaired) electrons. The zero-order valence-electron chi connectivity index (χ0n) is 25.5. The van der Waals surface area contributed by atoms with Gasteiger partial charge in [-0.1, -0.05) is 42.4 Å². The number of hydrogen-bond donors (Lipinski definition) is 4. The minimum absolute atomic E-state index is 0.0619. The highest BCUT2D eigenvalue weighted by Crippen LogP contribution is 2.38. The fourth-order valence-electron chi connectivity index (χ4n) is 4.64. The second-order valence-electron chi connectivity index (χ2n) is 10.8. The summed E-state index contributed by atoms with van der Waals surface area (Å²) in [5.74, 6) is -3.69. The molecule has 14 heteroatoms. The predicted octanol–water partition coefficient (Wildman–Crippen LogP) is 3.82. The van der Waals surface area contributed by atoms with Gasteiger partial charge in [-0.3, -0.25) is 9.59 Å². The molecule has 1 heterocycles. The number of nitrogens with one attached hydrogen (secondary N) is 2. The Labute approximate surface area is 271 Å². The van der Waals surface area contributed by atoms with E-state index in [-0.39, 0.29) is 30.1 Å². The van der Waals surface area contributed by atoms with Crippen LogP contribution in [0.25, 0.3) is 10.9 Å². The van der Waals surface area contributed by atoms with Gasteiger partial charge < -0.3 is 24.8 Å². The number of carbonyl (C=O) groups is 4. The molecular formula is C31H39N3O8PS2+. The molecule has 45 heavy (non-hydrogen) atoms. The average Bonchev–Trinajstić information content (AvgIpc) is 3.04. The Morgan fingerprint density at radius 3 is 2.29 bits per heavy atom. The Bertz CT molecular complexity index is 1540. The zero-order chi connectivity index (χ0) is 33.1. The summed E-state index contributed by atoms with van der Waals surface area (Å²) in [7, 11) is -0.618. The molecule has 1 aromatic heterocycles. The van der Waals surface area contributed by atoms with Gasteiger partial charge in [0.25, 0.3) is 5.03 Å². The maximum Gasteiger partial charge on any atom is 0.337 e. The summed E-state index contributed by atoms with van der Waals surface area (Å²) in [6.45, 7) is 3.72. The quantitative estimate of drug-likeness (QED) is 0.0760. The van der Waals surface area contributed by atoms with Crippen LogP contribution in [0.15, 0.2) is 65.7 Å². The lowest BCUT2D eigenvalue weighted by molar-refractivity contribution is -0.653. The lowest BCUT2D eigenvalue weighted by Gasteiger charge is -2.32. The topological polar surface area (TPSA) is 163 Å². The van der Waals surface area contributed by atoms with E-state index in [1.807, 2.05) is 44.4 Å². The normalized spacial score (nSPS) is 14.2. The van der Waals surface area contributed by atoms with Gasteiger partial charge in [0.05, 0.1) is 27.1 Å². The van der Waals surface area contributed by atoms with Crippen LogP contribution < -0.4 is 15.4 Å². The van der Waals surface area contributed by atoms with E-state index in [0.29, 0.717) is 21.9 Å². The second kappa shape index (κ2) is 16.8. The average molecular weight is 677 g/mol. The summed E-state index contributed by atoms with van der Waals surface area (Å²) in [5.41, 5.74) is 4.09. The lowest BCUT2D eigenvalue weighted by atomic mass is 9.91. The molecule has 0 saturated heterocycles. The van der Waals surface area contributed by atoms with Crippen molar-refractivity contribution in [3.8, 4) is 0 Å². The van der Waals surface area contributed by atoms with Crippen LogP contribution in [-0.4, -0.2) is 70.2 Å². The number of carboxylic acids is 1. The van der Waals surface area contributed by atoms with Gasteiger partial charge in [0.2, 0.25) is 11.4 Å². The molecule has 2 aromatic carbocycles. The lowest BCUT2D eigenvalue weighted by Crippen LogP contribution is -2.52. The molecule has 4 atom stereocenters. The van der Waals surface area contributed by atoms with Crippen molar-refractivity contribution in [3.63, 3.8) is 0 Å². The van der Waals surface area contributed by atoms with Crippen LogP contribution in [0.1, 0.15) is 47.4 Å². The first-order valence-corrected chi connectivity index (χ1v) is 17.6. The predicted molar refractivity (Wildman–Crippen MR) is 177 cm³/mol. The van der Waals surface area contributed by atoms with Crippen LogP contribution in [0.2, 0.25) is 0 Å². The first-order chi connectivity index (χ1) is 21.4. The molecule has 4 N–H and O–H groups in total. The number of hydrogen-bond acceptors (Lipinski definition) is 9. The summed E-state index contributed by atoms with van der Waals surface area (Å²) in [6, 6.07) is 15.7. The van der Waals surface area contributed by atoms with Gasteiger partial charge in [-0.25, -0.2) is 9.59 Å². The third-order valence-electron chi connectivity index (χ3n) is 7.09. The molecule has 3 unspecified atom stereocenters. The van der Waals surface area contributed by atoms with Crippen LogP contribution in [0.4, 0.5) is 0 Å². The number of aromatic nitrogens is 1. The molecule has 3 aromatic rings. The Balaban J connectivity index is 1.92. The van der Waals surface area contributed by atoms with Gasteiger partial charge in [-0.2, -0.15) is 11.8 Å². The molecule has 0 aliphatic carbocycles. The smallest absolute Gasteiger partial charge is 0.337 e. The number of thioether (sulfide) groups is 2. The monoisotopic (exact) mass is 676 g/mol. The molecule has 242 valence electrons. The van der Waals surface area contributed by atoms with E-state index >= 15 is 0 Å². The number of rotatable bonds is 16. The molecule has 0 bridgehead atoms. The Kier molecular flexibility index (Phi) is 13.5. The number of aliphatic carboxylic acids is 1. The number of ether oxygens (including phenoxy) is 1. The van der Waals surface area contributed by atoms with Gasteiger partial charge in [-0.15, -0.1) is 5.43 Å². The Morgan fingerprint density at radius 2 is 1.69 bits per heavy atom. The van der Waals surface area contributed by atoms with E-state index in [1.54, 1.807) is 16.8 Å². The summed E-state index contributed by atoms with van der Waals surface area (Å²) in [5, 5.41) is 23.3. The molecule has 0 aliphatic heterocycles. The van der Waals surface area contributed by atoms with E-state index in [2.05, 4.69) is 10.7 Å². The van der Waals surface area contributed by atoms with E-state index < -0.39 is 49.5 Å². The van der Waals surface area contributed by atoms with Crippen molar-refractivity contribution in [2.45, 2.75) is 43.1 Å². The first-order valence-electron chi connectivity index (χ1n) is 14.2. The van der Waals surface area contributed by atoms with Crippen LogP contribution >= 0.6 is 32.0 Å². The van der Waals surface area contributed by atoms with E-state index in [9.17, 15) is 34.0 Å². The number of esters is 1. The third-order valence-corrected chi connectivity index (χ3v) is 10.3. The minimum atomic E-state index is -1.95. The highest BCUT2D eigenvalue weighted by atomic mass is 32.2. The van der Waals surface area contributed by atoms with Crippen LogP contribution in [0.3, 0.4) is 0 Å². The van der Waals surface area contributed by atoms with Crippen molar-refractivity contribution in [2.75, 3.05) is 30.3 Å². The van der Waals surface area contributed by atoms with Crippen molar-refractivity contribution in [1.82, 2.24) is 5.32 Å². The van der Waals surface area contributed by atoms with Gasteiger partial charge in [0, 0.05) is 28.8 Å². The van der Waals surface area contributed by atoms with Gasteiger partial charge in [0.1, 0.15) is 11.4 Å². The number of nitrogens with zero attached hydrogens (tertiary/aromatic N) is 1. The third kappa shape index (κ3) is 9.56. The summed E-state index contributed by atoms with van der Waals surface area (Å²) >= 11 is 2.56. The number of carboxylic acid groups (broad SMARTS) is 1. The molecule has 11 nitrogen and oxygen atoms in total. The van der Waals surface area contributed by atoms with Crippen molar-refractivity contribution >= 4 is 66.6 Å². The number of fused-ring (bicyclic) bond motifs is 1.